The van der Waals surface area contributed by atoms with Crippen molar-refractivity contribution in [3.8, 4) is 0 Å². The summed E-state index contributed by atoms with van der Waals surface area (Å²) in [7, 11) is 0. The Bertz CT molecular complexity index is 723. The molecule has 3 heterocycles. The second kappa shape index (κ2) is 9.93. The van der Waals surface area contributed by atoms with E-state index < -0.39 is 17.4 Å². The number of rotatable bonds is 7. The van der Waals surface area contributed by atoms with Gasteiger partial charge < -0.3 is 9.84 Å². The molecule has 2 aliphatic heterocycles. The molecule has 4 N–H and O–H groups in total. The van der Waals surface area contributed by atoms with Crippen LogP contribution in [0.2, 0.25) is 0 Å². The van der Waals surface area contributed by atoms with E-state index in [1.165, 1.54) is 6.08 Å². The van der Waals surface area contributed by atoms with Crippen molar-refractivity contribution < 1.29 is 24.6 Å². The minimum atomic E-state index is -0.858. The molecule has 158 valence electrons. The van der Waals surface area contributed by atoms with Crippen molar-refractivity contribution in [1.82, 2.24) is 20.7 Å². The highest BCUT2D eigenvalue weighted by atomic mass is 16.5. The lowest BCUT2D eigenvalue weighted by molar-refractivity contribution is -0.150. The zero-order valence-corrected chi connectivity index (χ0v) is 16.3. The molecule has 1 amide bonds. The van der Waals surface area contributed by atoms with Crippen LogP contribution in [-0.4, -0.2) is 70.0 Å². The van der Waals surface area contributed by atoms with Gasteiger partial charge in [-0.1, -0.05) is 6.07 Å². The topological polar surface area (TPSA) is 124 Å². The number of aromatic nitrogens is 1. The molecule has 29 heavy (non-hydrogen) atoms. The summed E-state index contributed by atoms with van der Waals surface area (Å²) in [6, 6.07) is 3.99. The van der Waals surface area contributed by atoms with Crippen LogP contribution in [0.4, 0.5) is 0 Å². The molecule has 2 saturated heterocycles. The number of carboxylic acid groups (broad SMARTS) is 1. The van der Waals surface area contributed by atoms with Crippen molar-refractivity contribution in [1.29, 1.82) is 0 Å². The first kappa shape index (κ1) is 21.4. The van der Waals surface area contributed by atoms with Crippen LogP contribution in [0.3, 0.4) is 0 Å². The number of aliphatic carboxylic acids is 1. The molecule has 9 nitrogen and oxygen atoms in total. The first-order chi connectivity index (χ1) is 14.0. The van der Waals surface area contributed by atoms with E-state index in [1.54, 1.807) is 17.8 Å². The summed E-state index contributed by atoms with van der Waals surface area (Å²) in [5, 5.41) is 21.6. The third-order valence-electron chi connectivity index (χ3n) is 5.59. The Kier molecular flexibility index (Phi) is 7.32. The monoisotopic (exact) mass is 404 g/mol. The van der Waals surface area contributed by atoms with Gasteiger partial charge in [0.05, 0.1) is 5.69 Å². The maximum Gasteiger partial charge on any atom is 0.324 e. The lowest BCUT2D eigenvalue weighted by Gasteiger charge is -2.40. The van der Waals surface area contributed by atoms with Crippen molar-refractivity contribution in [2.45, 2.75) is 43.8 Å². The van der Waals surface area contributed by atoms with Crippen LogP contribution in [0.5, 0.6) is 0 Å². The SMILES string of the molecule is O=C(/C=C/c1ccc(CN2CCC(NC3(C(=O)O)CCOCC3)CC2)nc1)NO. The van der Waals surface area contributed by atoms with Crippen LogP contribution >= 0.6 is 0 Å². The highest BCUT2D eigenvalue weighted by molar-refractivity contribution is 5.90. The van der Waals surface area contributed by atoms with Crippen molar-refractivity contribution in [3.63, 3.8) is 0 Å². The van der Waals surface area contributed by atoms with E-state index in [1.807, 2.05) is 12.1 Å². The summed E-state index contributed by atoms with van der Waals surface area (Å²) >= 11 is 0. The Morgan fingerprint density at radius 2 is 2.00 bits per heavy atom. The normalized spacial score (nSPS) is 20.6. The number of carboxylic acids is 1. The van der Waals surface area contributed by atoms with Crippen molar-refractivity contribution in [2.24, 2.45) is 0 Å². The average Bonchev–Trinajstić information content (AvgIpc) is 2.75. The number of nitrogens with zero attached hydrogens (tertiary/aromatic N) is 2. The number of piperidine rings is 1. The van der Waals surface area contributed by atoms with Gasteiger partial charge in [0.1, 0.15) is 5.54 Å². The van der Waals surface area contributed by atoms with Gasteiger partial charge in [-0.05, 0) is 43.4 Å². The second-order valence-electron chi connectivity index (χ2n) is 7.59. The van der Waals surface area contributed by atoms with E-state index in [0.29, 0.717) is 26.1 Å². The number of nitrogens with one attached hydrogen (secondary N) is 2. The van der Waals surface area contributed by atoms with Gasteiger partial charge in [-0.2, -0.15) is 0 Å². The number of pyridine rings is 1. The zero-order valence-electron chi connectivity index (χ0n) is 16.3. The van der Waals surface area contributed by atoms with Crippen LogP contribution in [0.1, 0.15) is 36.9 Å². The molecule has 0 bridgehead atoms. The van der Waals surface area contributed by atoms with Gasteiger partial charge in [-0.3, -0.25) is 30.0 Å². The summed E-state index contributed by atoms with van der Waals surface area (Å²) in [5.41, 5.74) is 2.39. The molecule has 0 unspecified atom stereocenters. The van der Waals surface area contributed by atoms with E-state index in [4.69, 9.17) is 9.94 Å². The number of hydroxylamine groups is 1. The van der Waals surface area contributed by atoms with Gasteiger partial charge in [-0.25, -0.2) is 5.48 Å². The number of carbonyl (C=O) groups is 2. The quantitative estimate of drug-likeness (QED) is 0.299. The predicted octanol–water partition coefficient (Wildman–Crippen LogP) is 0.788. The highest BCUT2D eigenvalue weighted by Crippen LogP contribution is 2.24. The average molecular weight is 404 g/mol. The first-order valence-corrected chi connectivity index (χ1v) is 9.89. The van der Waals surface area contributed by atoms with Crippen LogP contribution in [0, 0.1) is 0 Å². The molecule has 3 rings (SSSR count). The standard InChI is InChI=1S/C20H28N4O5/c25-18(23-28)4-2-15-1-3-17(21-13-15)14-24-9-5-16(6-10-24)22-20(19(26)27)7-11-29-12-8-20/h1-4,13,16,22,28H,5-12,14H2,(H,23,25)(H,26,27)/b4-2+. The first-order valence-electron chi connectivity index (χ1n) is 9.89. The summed E-state index contributed by atoms with van der Waals surface area (Å²) in [5.74, 6) is -1.37. The maximum atomic E-state index is 11.8. The molecule has 0 spiro atoms. The summed E-state index contributed by atoms with van der Waals surface area (Å²) in [4.78, 5) is 29.6. The second-order valence-corrected chi connectivity index (χ2v) is 7.59. The Morgan fingerprint density at radius 1 is 1.28 bits per heavy atom. The highest BCUT2D eigenvalue weighted by Gasteiger charge is 2.42. The van der Waals surface area contributed by atoms with Gasteiger partial charge in [0.25, 0.3) is 5.91 Å². The van der Waals surface area contributed by atoms with Crippen LogP contribution < -0.4 is 10.8 Å². The Labute approximate surface area is 169 Å². The molecule has 9 heteroatoms. The summed E-state index contributed by atoms with van der Waals surface area (Å²) in [6.45, 7) is 3.46. The van der Waals surface area contributed by atoms with Crippen LogP contribution in [-0.2, 0) is 20.9 Å². The Hall–Kier alpha value is -2.33. The van der Waals surface area contributed by atoms with Crippen molar-refractivity contribution >= 4 is 18.0 Å². The molecule has 1 aromatic rings. The third-order valence-corrected chi connectivity index (χ3v) is 5.59. The number of likely N-dealkylation sites (tertiary alicyclic amines) is 1. The Balaban J connectivity index is 1.48. The van der Waals surface area contributed by atoms with Crippen molar-refractivity contribution in [3.05, 3.63) is 35.7 Å². The molecular weight excluding hydrogens is 376 g/mol. The molecule has 0 aromatic carbocycles. The van der Waals surface area contributed by atoms with E-state index in [2.05, 4.69) is 15.2 Å². The number of hydrogen-bond donors (Lipinski definition) is 4. The van der Waals surface area contributed by atoms with Gasteiger partial charge in [-0.15, -0.1) is 0 Å². The van der Waals surface area contributed by atoms with E-state index in [0.717, 1.165) is 43.7 Å². The number of ether oxygens (including phenoxy) is 1. The minimum Gasteiger partial charge on any atom is -0.480 e. The fourth-order valence-electron chi connectivity index (χ4n) is 3.83. The molecule has 0 saturated carbocycles. The third kappa shape index (κ3) is 5.83. The van der Waals surface area contributed by atoms with Gasteiger partial charge in [0.2, 0.25) is 0 Å². The number of hydrogen-bond acceptors (Lipinski definition) is 7. The van der Waals surface area contributed by atoms with Gasteiger partial charge in [0, 0.05) is 51.2 Å². The van der Waals surface area contributed by atoms with E-state index in [9.17, 15) is 14.7 Å². The van der Waals surface area contributed by atoms with E-state index in [-0.39, 0.29) is 6.04 Å². The molecule has 0 radical (unpaired) electrons. The molecule has 2 aliphatic rings. The molecule has 2 fully saturated rings. The molecule has 0 aliphatic carbocycles. The molecule has 0 atom stereocenters. The smallest absolute Gasteiger partial charge is 0.324 e. The van der Waals surface area contributed by atoms with Gasteiger partial charge >= 0.3 is 5.97 Å². The molecular formula is C20H28N4O5. The number of amides is 1. The van der Waals surface area contributed by atoms with Crippen molar-refractivity contribution in [2.75, 3.05) is 26.3 Å². The summed E-state index contributed by atoms with van der Waals surface area (Å²) < 4.78 is 5.33. The maximum absolute atomic E-state index is 11.8. The summed E-state index contributed by atoms with van der Waals surface area (Å²) in [6.07, 6.45) is 7.30. The van der Waals surface area contributed by atoms with Gasteiger partial charge in [0.15, 0.2) is 0 Å². The fourth-order valence-corrected chi connectivity index (χ4v) is 3.83. The van der Waals surface area contributed by atoms with Crippen LogP contribution in [0.15, 0.2) is 24.4 Å². The minimum absolute atomic E-state index is 0.193. The van der Waals surface area contributed by atoms with E-state index >= 15 is 0 Å². The fraction of sp³-hybridized carbons (Fsp3) is 0.550. The Morgan fingerprint density at radius 3 is 2.59 bits per heavy atom. The zero-order chi connectivity index (χ0) is 20.7. The number of carbonyl (C=O) groups excluding carboxylic acids is 1. The lowest BCUT2D eigenvalue weighted by Crippen LogP contribution is -2.60. The molecule has 1 aromatic heterocycles. The predicted molar refractivity (Wildman–Crippen MR) is 105 cm³/mol. The lowest BCUT2D eigenvalue weighted by atomic mass is 9.88. The largest absolute Gasteiger partial charge is 0.480 e. The van der Waals surface area contributed by atoms with Crippen LogP contribution in [0.25, 0.3) is 6.08 Å².